The first-order valence-electron chi connectivity index (χ1n) is 4.24. The van der Waals surface area contributed by atoms with E-state index in [1.165, 1.54) is 12.8 Å². The summed E-state index contributed by atoms with van der Waals surface area (Å²) in [5, 5.41) is 3.41. The first kappa shape index (κ1) is 6.29. The Hall–Kier alpha value is -1.25. The highest BCUT2D eigenvalue weighted by Gasteiger charge is 2.46. The molecule has 3 heteroatoms. The van der Waals surface area contributed by atoms with Gasteiger partial charge in [-0.2, -0.15) is 0 Å². The minimum atomic E-state index is 0.237. The van der Waals surface area contributed by atoms with Crippen LogP contribution in [0.4, 0.5) is 5.82 Å². The van der Waals surface area contributed by atoms with Crippen molar-refractivity contribution in [1.82, 2.24) is 4.98 Å². The van der Waals surface area contributed by atoms with Crippen molar-refractivity contribution in [3.63, 3.8) is 0 Å². The van der Waals surface area contributed by atoms with Crippen molar-refractivity contribution >= 4 is 5.82 Å². The van der Waals surface area contributed by atoms with Gasteiger partial charge in [-0.3, -0.25) is 0 Å². The van der Waals surface area contributed by atoms with Crippen molar-refractivity contribution in [2.75, 3.05) is 11.9 Å². The number of anilines is 1. The Balaban J connectivity index is 2.01. The lowest BCUT2D eigenvalue weighted by molar-refractivity contribution is 0.274. The Kier molecular flexibility index (Phi) is 1.00. The Morgan fingerprint density at radius 3 is 3.25 bits per heavy atom. The predicted octanol–water partition coefficient (Wildman–Crippen LogP) is 1.42. The monoisotopic (exact) mass is 162 g/mol. The van der Waals surface area contributed by atoms with Crippen LogP contribution >= 0.6 is 0 Å². The molecule has 0 amide bonds. The highest BCUT2D eigenvalue weighted by molar-refractivity contribution is 5.54. The third-order valence-corrected chi connectivity index (χ3v) is 2.51. The quantitative estimate of drug-likeness (QED) is 0.626. The lowest BCUT2D eigenvalue weighted by Gasteiger charge is -2.25. The van der Waals surface area contributed by atoms with E-state index in [2.05, 4.69) is 10.3 Å². The van der Waals surface area contributed by atoms with E-state index in [-0.39, 0.29) is 5.54 Å². The lowest BCUT2D eigenvalue weighted by atomic mass is 10.2. The van der Waals surface area contributed by atoms with E-state index in [0.717, 1.165) is 18.2 Å². The molecule has 1 aliphatic heterocycles. The molecule has 1 saturated carbocycles. The summed E-state index contributed by atoms with van der Waals surface area (Å²) in [6.45, 7) is 0.797. The van der Waals surface area contributed by atoms with Crippen molar-refractivity contribution in [2.45, 2.75) is 18.4 Å². The second-order valence-electron chi connectivity index (χ2n) is 3.54. The van der Waals surface area contributed by atoms with Crippen molar-refractivity contribution in [3.8, 4) is 5.75 Å². The maximum atomic E-state index is 5.58. The molecule has 1 fully saturated rings. The van der Waals surface area contributed by atoms with E-state index in [0.29, 0.717) is 0 Å². The molecule has 3 nitrogen and oxygen atoms in total. The van der Waals surface area contributed by atoms with E-state index < -0.39 is 0 Å². The van der Waals surface area contributed by atoms with Gasteiger partial charge in [-0.1, -0.05) is 0 Å². The van der Waals surface area contributed by atoms with Crippen LogP contribution in [0, 0.1) is 0 Å². The molecule has 0 atom stereocenters. The summed E-state index contributed by atoms with van der Waals surface area (Å²) in [5.41, 5.74) is 0.237. The van der Waals surface area contributed by atoms with Crippen molar-refractivity contribution in [1.29, 1.82) is 0 Å². The van der Waals surface area contributed by atoms with Gasteiger partial charge in [0.25, 0.3) is 0 Å². The molecule has 2 aliphatic rings. The summed E-state index contributed by atoms with van der Waals surface area (Å²) in [6, 6.07) is 3.84. The molecule has 1 aliphatic carbocycles. The van der Waals surface area contributed by atoms with Gasteiger partial charge in [0, 0.05) is 6.20 Å². The first-order valence-corrected chi connectivity index (χ1v) is 4.24. The van der Waals surface area contributed by atoms with Gasteiger partial charge in [0.1, 0.15) is 6.61 Å². The van der Waals surface area contributed by atoms with E-state index in [9.17, 15) is 0 Å². The SMILES string of the molecule is c1cnc2c(c1)OCC1(CC1)N2. The van der Waals surface area contributed by atoms with Gasteiger partial charge in [0.05, 0.1) is 5.54 Å². The molecular weight excluding hydrogens is 152 g/mol. The maximum Gasteiger partial charge on any atom is 0.169 e. The molecule has 1 aromatic rings. The standard InChI is InChI=1S/C9H10N2O/c1-2-7-8(10-5-1)11-9(3-4-9)6-12-7/h1-2,5H,3-4,6H2,(H,10,11). The van der Waals surface area contributed by atoms with Crippen LogP contribution in [0.5, 0.6) is 5.75 Å². The number of pyridine rings is 1. The Morgan fingerprint density at radius 1 is 1.50 bits per heavy atom. The van der Waals surface area contributed by atoms with Crippen LogP contribution in [-0.4, -0.2) is 17.1 Å². The highest BCUT2D eigenvalue weighted by atomic mass is 16.5. The van der Waals surface area contributed by atoms with E-state index in [1.54, 1.807) is 6.20 Å². The Morgan fingerprint density at radius 2 is 2.42 bits per heavy atom. The van der Waals surface area contributed by atoms with Crippen LogP contribution < -0.4 is 10.1 Å². The normalized spacial score (nSPS) is 22.3. The van der Waals surface area contributed by atoms with Crippen LogP contribution in [0.2, 0.25) is 0 Å². The van der Waals surface area contributed by atoms with Gasteiger partial charge < -0.3 is 10.1 Å². The minimum absolute atomic E-state index is 0.237. The zero-order valence-corrected chi connectivity index (χ0v) is 6.71. The number of hydrogen-bond donors (Lipinski definition) is 1. The molecule has 12 heavy (non-hydrogen) atoms. The summed E-state index contributed by atoms with van der Waals surface area (Å²) in [5.74, 6) is 1.79. The highest BCUT2D eigenvalue weighted by Crippen LogP contribution is 2.43. The molecule has 1 N–H and O–H groups in total. The first-order chi connectivity index (χ1) is 5.88. The molecule has 3 rings (SSSR count). The zero-order chi connectivity index (χ0) is 8.02. The zero-order valence-electron chi connectivity index (χ0n) is 6.71. The van der Waals surface area contributed by atoms with Gasteiger partial charge in [0.15, 0.2) is 11.6 Å². The number of ether oxygens (including phenoxy) is 1. The van der Waals surface area contributed by atoms with Gasteiger partial charge in [-0.15, -0.1) is 0 Å². The Labute approximate surface area is 70.8 Å². The lowest BCUT2D eigenvalue weighted by Crippen LogP contribution is -2.33. The van der Waals surface area contributed by atoms with E-state index >= 15 is 0 Å². The summed E-state index contributed by atoms with van der Waals surface area (Å²) in [7, 11) is 0. The minimum Gasteiger partial charge on any atom is -0.487 e. The number of nitrogens with zero attached hydrogens (tertiary/aromatic N) is 1. The fraction of sp³-hybridized carbons (Fsp3) is 0.444. The molecule has 62 valence electrons. The van der Waals surface area contributed by atoms with Crippen LogP contribution in [0.3, 0.4) is 0 Å². The molecule has 1 spiro atoms. The number of hydrogen-bond acceptors (Lipinski definition) is 3. The molecular formula is C9H10N2O. The largest absolute Gasteiger partial charge is 0.487 e. The van der Waals surface area contributed by atoms with Crippen LogP contribution in [0.25, 0.3) is 0 Å². The van der Waals surface area contributed by atoms with Crippen molar-refractivity contribution < 1.29 is 4.74 Å². The Bertz CT molecular complexity index is 320. The number of nitrogens with one attached hydrogen (secondary N) is 1. The van der Waals surface area contributed by atoms with E-state index in [1.807, 2.05) is 12.1 Å². The van der Waals surface area contributed by atoms with Gasteiger partial charge in [-0.05, 0) is 25.0 Å². The van der Waals surface area contributed by atoms with Gasteiger partial charge >= 0.3 is 0 Å². The fourth-order valence-corrected chi connectivity index (χ4v) is 1.52. The average Bonchev–Trinajstić information content (AvgIpc) is 2.85. The predicted molar refractivity (Wildman–Crippen MR) is 45.3 cm³/mol. The summed E-state index contributed by atoms with van der Waals surface area (Å²) in [4.78, 5) is 4.22. The smallest absolute Gasteiger partial charge is 0.169 e. The van der Waals surface area contributed by atoms with Crippen LogP contribution in [0.1, 0.15) is 12.8 Å². The second-order valence-corrected chi connectivity index (χ2v) is 3.54. The number of fused-ring (bicyclic) bond motifs is 1. The second kappa shape index (κ2) is 1.91. The molecule has 0 radical (unpaired) electrons. The molecule has 0 bridgehead atoms. The van der Waals surface area contributed by atoms with Gasteiger partial charge in [-0.25, -0.2) is 4.98 Å². The average molecular weight is 162 g/mol. The molecule has 0 unspecified atom stereocenters. The molecule has 2 heterocycles. The summed E-state index contributed by atoms with van der Waals surface area (Å²) >= 11 is 0. The maximum absolute atomic E-state index is 5.58. The third kappa shape index (κ3) is 0.793. The fourth-order valence-electron chi connectivity index (χ4n) is 1.52. The number of aromatic nitrogens is 1. The summed E-state index contributed by atoms with van der Waals surface area (Å²) < 4.78 is 5.58. The topological polar surface area (TPSA) is 34.1 Å². The molecule has 0 saturated heterocycles. The molecule has 0 aromatic carbocycles. The summed E-state index contributed by atoms with van der Waals surface area (Å²) in [6.07, 6.45) is 4.21. The van der Waals surface area contributed by atoms with Crippen LogP contribution in [0.15, 0.2) is 18.3 Å². The van der Waals surface area contributed by atoms with Crippen LogP contribution in [-0.2, 0) is 0 Å². The van der Waals surface area contributed by atoms with Gasteiger partial charge in [0.2, 0.25) is 0 Å². The molecule has 1 aromatic heterocycles. The number of rotatable bonds is 0. The van der Waals surface area contributed by atoms with E-state index in [4.69, 9.17) is 4.74 Å². The van der Waals surface area contributed by atoms with Crippen molar-refractivity contribution in [2.24, 2.45) is 0 Å². The third-order valence-electron chi connectivity index (χ3n) is 2.51. The van der Waals surface area contributed by atoms with Crippen molar-refractivity contribution in [3.05, 3.63) is 18.3 Å².